The lowest BCUT2D eigenvalue weighted by atomic mass is 9.95. The van der Waals surface area contributed by atoms with Crippen LogP contribution in [-0.2, 0) is 30.5 Å². The first-order chi connectivity index (χ1) is 16.7. The highest BCUT2D eigenvalue weighted by Crippen LogP contribution is 2.38. The Bertz CT molecular complexity index is 1250. The number of amides is 1. The van der Waals surface area contributed by atoms with Gasteiger partial charge in [0.1, 0.15) is 5.25 Å². The fraction of sp³-hybridized carbons (Fsp3) is 0.194. The smallest absolute Gasteiger partial charge is 0.244 e. The Morgan fingerprint density at radius 2 is 1.26 bits per heavy atom. The number of nitrogens with zero attached hydrogens (tertiary/aromatic N) is 1. The fourth-order valence-corrected chi connectivity index (χ4v) is 5.69. The lowest BCUT2D eigenvalue weighted by molar-refractivity contribution is -0.117. The molecule has 0 saturated heterocycles. The van der Waals surface area contributed by atoms with Gasteiger partial charge < -0.3 is 4.90 Å². The maximum absolute atomic E-state index is 14.0. The van der Waals surface area contributed by atoms with Crippen LogP contribution >= 0.6 is 11.8 Å². The molecule has 4 aliphatic rings. The normalized spacial score (nSPS) is 13.7. The summed E-state index contributed by atoms with van der Waals surface area (Å²) < 4.78 is 0. The first-order valence-electron chi connectivity index (χ1n) is 11.9. The van der Waals surface area contributed by atoms with Gasteiger partial charge in [-0.1, -0.05) is 84.9 Å². The van der Waals surface area contributed by atoms with Crippen LogP contribution in [-0.4, -0.2) is 13.0 Å². The molecule has 8 rings (SSSR count). The highest BCUT2D eigenvalue weighted by atomic mass is 32.2. The zero-order valence-electron chi connectivity index (χ0n) is 19.5. The Hall–Kier alpha value is -3.30. The molecule has 0 aliphatic heterocycles. The second-order valence-electron chi connectivity index (χ2n) is 8.90. The summed E-state index contributed by atoms with van der Waals surface area (Å²) in [4.78, 5) is 17.0. The van der Waals surface area contributed by atoms with E-state index >= 15 is 0 Å². The molecule has 34 heavy (non-hydrogen) atoms. The molecule has 4 bridgehead atoms. The lowest BCUT2D eigenvalue weighted by Crippen LogP contribution is -2.31. The van der Waals surface area contributed by atoms with Gasteiger partial charge in [0.05, 0.1) is 0 Å². The van der Waals surface area contributed by atoms with Crippen LogP contribution in [0.25, 0.3) is 0 Å². The standard InChI is InChI=1S/C31H29NOS/c1-32(31(33)30(27-8-4-2-5-9-27)34-28-10-6-3-7-11-28)29-22-25-17-16-23-12-14-24(15-13-23)18-20-26(29)21-19-25/h2-15,19,21-22,30H,16-18,20H2,1H3. The van der Waals surface area contributed by atoms with Crippen LogP contribution in [0.2, 0.25) is 0 Å². The van der Waals surface area contributed by atoms with Gasteiger partial charge in [0.2, 0.25) is 5.91 Å². The SMILES string of the molecule is CN(C(=O)C(Sc1ccccc1)c1ccccc1)c1cc2ccc1CCc1ccc(cc1)CC2. The van der Waals surface area contributed by atoms with Crippen molar-refractivity contribution < 1.29 is 4.79 Å². The zero-order chi connectivity index (χ0) is 23.3. The molecule has 0 aromatic heterocycles. The predicted octanol–water partition coefficient (Wildman–Crippen LogP) is 7.07. The van der Waals surface area contributed by atoms with Gasteiger partial charge in [-0.2, -0.15) is 0 Å². The summed E-state index contributed by atoms with van der Waals surface area (Å²) in [6, 6.07) is 36.0. The molecular weight excluding hydrogens is 434 g/mol. The van der Waals surface area contributed by atoms with Crippen LogP contribution < -0.4 is 4.90 Å². The van der Waals surface area contributed by atoms with Crippen molar-refractivity contribution in [2.24, 2.45) is 0 Å². The molecule has 1 atom stereocenters. The van der Waals surface area contributed by atoms with Gasteiger partial charge in [-0.05, 0) is 71.7 Å². The molecule has 4 aromatic carbocycles. The Labute approximate surface area is 206 Å². The Morgan fingerprint density at radius 3 is 1.94 bits per heavy atom. The molecule has 0 heterocycles. The van der Waals surface area contributed by atoms with E-state index in [2.05, 4.69) is 66.7 Å². The number of benzene rings is 4. The van der Waals surface area contributed by atoms with Crippen molar-refractivity contribution in [3.8, 4) is 0 Å². The Morgan fingerprint density at radius 1 is 0.706 bits per heavy atom. The minimum absolute atomic E-state index is 0.105. The third-order valence-electron chi connectivity index (χ3n) is 6.57. The van der Waals surface area contributed by atoms with Gasteiger partial charge in [-0.3, -0.25) is 4.79 Å². The Kier molecular flexibility index (Phi) is 6.82. The molecule has 2 nitrogen and oxygen atoms in total. The van der Waals surface area contributed by atoms with Gasteiger partial charge in [0, 0.05) is 17.6 Å². The van der Waals surface area contributed by atoms with Crippen molar-refractivity contribution >= 4 is 23.4 Å². The average molecular weight is 464 g/mol. The minimum atomic E-state index is -0.309. The van der Waals surface area contributed by atoms with Crippen molar-refractivity contribution in [3.63, 3.8) is 0 Å². The maximum Gasteiger partial charge on any atom is 0.244 e. The fourth-order valence-electron chi connectivity index (χ4n) is 4.55. The summed E-state index contributed by atoms with van der Waals surface area (Å²) >= 11 is 1.62. The summed E-state index contributed by atoms with van der Waals surface area (Å²) in [6.45, 7) is 0. The molecule has 0 saturated carbocycles. The average Bonchev–Trinajstić information content (AvgIpc) is 2.89. The van der Waals surface area contributed by atoms with E-state index in [1.54, 1.807) is 11.8 Å². The number of thioether (sulfide) groups is 1. The number of anilines is 1. The number of carbonyl (C=O) groups is 1. The third-order valence-corrected chi connectivity index (χ3v) is 7.83. The van der Waals surface area contributed by atoms with E-state index in [9.17, 15) is 4.79 Å². The summed E-state index contributed by atoms with van der Waals surface area (Å²) in [5.41, 5.74) is 7.26. The quantitative estimate of drug-likeness (QED) is 0.295. The lowest BCUT2D eigenvalue weighted by Gasteiger charge is -2.27. The van der Waals surface area contributed by atoms with Gasteiger partial charge in [0.25, 0.3) is 0 Å². The molecule has 0 spiro atoms. The Balaban J connectivity index is 1.48. The second-order valence-corrected chi connectivity index (χ2v) is 10.1. The predicted molar refractivity (Wildman–Crippen MR) is 143 cm³/mol. The topological polar surface area (TPSA) is 20.3 Å². The molecule has 1 unspecified atom stereocenters. The number of carbonyl (C=O) groups excluding carboxylic acids is 1. The van der Waals surface area contributed by atoms with Crippen molar-refractivity contribution in [2.45, 2.75) is 35.8 Å². The van der Waals surface area contributed by atoms with E-state index in [4.69, 9.17) is 0 Å². The van der Waals surface area contributed by atoms with Crippen LogP contribution in [0.15, 0.2) is 108 Å². The number of likely N-dealkylation sites (N-methyl/N-ethyl adjacent to an activating group) is 1. The summed E-state index contributed by atoms with van der Waals surface area (Å²) in [7, 11) is 1.94. The molecule has 3 heteroatoms. The van der Waals surface area contributed by atoms with E-state index in [0.29, 0.717) is 0 Å². The molecule has 0 N–H and O–H groups in total. The van der Waals surface area contributed by atoms with Gasteiger partial charge >= 0.3 is 0 Å². The van der Waals surface area contributed by atoms with Crippen LogP contribution in [0.4, 0.5) is 5.69 Å². The van der Waals surface area contributed by atoms with Crippen LogP contribution in [0.5, 0.6) is 0 Å². The first-order valence-corrected chi connectivity index (χ1v) is 12.8. The molecule has 4 aliphatic carbocycles. The van der Waals surface area contributed by atoms with E-state index < -0.39 is 0 Å². The second kappa shape index (κ2) is 10.3. The molecule has 170 valence electrons. The third kappa shape index (κ3) is 5.10. The zero-order valence-corrected chi connectivity index (χ0v) is 20.3. The number of hydrogen-bond donors (Lipinski definition) is 0. The molecule has 0 radical (unpaired) electrons. The van der Waals surface area contributed by atoms with Crippen molar-refractivity contribution in [1.82, 2.24) is 0 Å². The molecule has 0 fully saturated rings. The van der Waals surface area contributed by atoms with E-state index in [1.165, 1.54) is 22.3 Å². The van der Waals surface area contributed by atoms with Crippen molar-refractivity contribution in [3.05, 3.63) is 131 Å². The first kappa shape index (κ1) is 22.5. The molecule has 4 aromatic rings. The van der Waals surface area contributed by atoms with E-state index in [0.717, 1.165) is 41.8 Å². The largest absolute Gasteiger partial charge is 0.314 e. The van der Waals surface area contributed by atoms with E-state index in [-0.39, 0.29) is 11.2 Å². The summed E-state index contributed by atoms with van der Waals surface area (Å²) in [5, 5.41) is -0.309. The number of rotatable bonds is 5. The molecular formula is C31H29NOS. The van der Waals surface area contributed by atoms with Crippen LogP contribution in [0.3, 0.4) is 0 Å². The van der Waals surface area contributed by atoms with Crippen LogP contribution in [0.1, 0.15) is 33.1 Å². The van der Waals surface area contributed by atoms with Crippen LogP contribution in [0, 0.1) is 0 Å². The minimum Gasteiger partial charge on any atom is -0.314 e. The summed E-state index contributed by atoms with van der Waals surface area (Å²) in [5.74, 6) is 0.105. The maximum atomic E-state index is 14.0. The number of hydrogen-bond acceptors (Lipinski definition) is 2. The molecule has 1 amide bonds. The number of aryl methyl sites for hydroxylation is 4. The van der Waals surface area contributed by atoms with Crippen molar-refractivity contribution in [1.29, 1.82) is 0 Å². The van der Waals surface area contributed by atoms with Gasteiger partial charge in [-0.25, -0.2) is 0 Å². The van der Waals surface area contributed by atoms with E-state index in [1.807, 2.05) is 48.3 Å². The monoisotopic (exact) mass is 463 g/mol. The van der Waals surface area contributed by atoms with Gasteiger partial charge in [0.15, 0.2) is 0 Å². The van der Waals surface area contributed by atoms with Gasteiger partial charge in [-0.15, -0.1) is 11.8 Å². The summed E-state index contributed by atoms with van der Waals surface area (Å²) in [6.07, 6.45) is 3.85. The van der Waals surface area contributed by atoms with Crippen molar-refractivity contribution in [2.75, 3.05) is 11.9 Å². The highest BCUT2D eigenvalue weighted by Gasteiger charge is 2.27. The highest BCUT2D eigenvalue weighted by molar-refractivity contribution is 8.00.